The Bertz CT molecular complexity index is 2150. The third kappa shape index (κ3) is 9.98. The fourth-order valence-corrected chi connectivity index (χ4v) is 8.54. The maximum Gasteiger partial charge on any atom is 0.412 e. The molecule has 1 N–H and O–H groups in total. The fraction of sp³-hybridized carbons (Fsp3) is 0.300. The van der Waals surface area contributed by atoms with Crippen LogP contribution in [0.25, 0.3) is 6.08 Å². The van der Waals surface area contributed by atoms with Gasteiger partial charge in [-0.25, -0.2) is 18.0 Å². The van der Waals surface area contributed by atoms with Crippen LogP contribution in [0.3, 0.4) is 0 Å². The fourth-order valence-electron chi connectivity index (χ4n) is 5.67. The average molecular weight is 788 g/mol. The van der Waals surface area contributed by atoms with Crippen LogP contribution < -0.4 is 14.4 Å². The van der Waals surface area contributed by atoms with Crippen molar-refractivity contribution in [3.63, 3.8) is 0 Å². The van der Waals surface area contributed by atoms with Gasteiger partial charge in [-0.15, -0.1) is 0 Å². The van der Waals surface area contributed by atoms with E-state index < -0.39 is 41.4 Å². The molecule has 55 heavy (non-hydrogen) atoms. The Morgan fingerprint density at radius 3 is 2.11 bits per heavy atom. The van der Waals surface area contributed by atoms with Gasteiger partial charge in [0.05, 0.1) is 35.3 Å². The van der Waals surface area contributed by atoms with E-state index in [1.54, 1.807) is 36.4 Å². The van der Waals surface area contributed by atoms with Crippen LogP contribution in [0.5, 0.6) is 5.75 Å². The van der Waals surface area contributed by atoms with E-state index in [9.17, 15) is 28.1 Å². The van der Waals surface area contributed by atoms with Crippen molar-refractivity contribution in [2.45, 2.75) is 69.5 Å². The monoisotopic (exact) mass is 787 g/mol. The molecule has 15 heteroatoms. The lowest BCUT2D eigenvalue weighted by Gasteiger charge is -2.43. The normalized spacial score (nSPS) is 14.8. The maximum atomic E-state index is 14.6. The van der Waals surface area contributed by atoms with Crippen LogP contribution in [0.4, 0.5) is 16.2 Å². The van der Waals surface area contributed by atoms with Gasteiger partial charge in [-0.05, 0) is 64.7 Å². The summed E-state index contributed by atoms with van der Waals surface area (Å²) in [5.41, 5.74) is 2.17. The van der Waals surface area contributed by atoms with Gasteiger partial charge in [-0.1, -0.05) is 81.4 Å². The van der Waals surface area contributed by atoms with Gasteiger partial charge in [0.15, 0.2) is 8.32 Å². The number of hydrogen-bond donors (Lipinski definition) is 1. The molecule has 1 aliphatic rings. The summed E-state index contributed by atoms with van der Waals surface area (Å²) in [4.78, 5) is 36.8. The first-order chi connectivity index (χ1) is 26.0. The summed E-state index contributed by atoms with van der Waals surface area (Å²) in [7, 11) is -5.66. The number of hydrogen-bond acceptors (Lipinski definition) is 10. The second-order valence-electron chi connectivity index (χ2n) is 14.5. The van der Waals surface area contributed by atoms with E-state index in [1.807, 2.05) is 36.4 Å². The molecule has 5 rings (SSSR count). The van der Waals surface area contributed by atoms with Crippen LogP contribution in [0.1, 0.15) is 43.0 Å². The number of fused-ring (bicyclic) bond motifs is 1. The van der Waals surface area contributed by atoms with Gasteiger partial charge in [0.25, 0.3) is 15.7 Å². The molecule has 0 aromatic heterocycles. The molecule has 0 saturated heterocycles. The number of non-ortho nitro benzene ring substituents is 1. The van der Waals surface area contributed by atoms with Crippen LogP contribution in [0, 0.1) is 10.1 Å². The lowest BCUT2D eigenvalue weighted by molar-refractivity contribution is -0.384. The number of rotatable bonds is 13. The van der Waals surface area contributed by atoms with E-state index in [4.69, 9.17) is 18.6 Å². The smallest absolute Gasteiger partial charge is 0.412 e. The highest BCUT2D eigenvalue weighted by Gasteiger charge is 2.43. The third-order valence-corrected chi connectivity index (χ3v) is 15.9. The zero-order valence-corrected chi connectivity index (χ0v) is 33.4. The molecule has 0 saturated carbocycles. The number of benzene rings is 4. The first-order valence-electron chi connectivity index (χ1n) is 17.5. The summed E-state index contributed by atoms with van der Waals surface area (Å²) in [6.07, 6.45) is 0.100. The van der Waals surface area contributed by atoms with E-state index in [0.717, 1.165) is 23.3 Å². The number of amides is 1. The SMILES string of the molecule is COC(=O)/C(=C/c1cc(OCc2ccccc2)cc2c1C[C@H](O[Si](C)(C)C(C)(C)C)CN2S(=O)(=O)c1ccc([N+](=O)[O-])cc1)NC(=O)OCc1ccccc1. The molecule has 1 heterocycles. The Morgan fingerprint density at radius 1 is 0.945 bits per heavy atom. The molecule has 0 unspecified atom stereocenters. The van der Waals surface area contributed by atoms with Crippen molar-refractivity contribution in [2.75, 3.05) is 18.0 Å². The standard InChI is InChI=1S/C40H45N3O10SSi/c1-40(2,3)55(5,6)53-33-23-35-30(22-36(38(44)50-4)41-39(45)52-27-29-15-11-8-12-16-29)21-32(51-26-28-13-9-7-10-14-28)24-37(35)42(25-33)54(48,49)34-19-17-31(18-20-34)43(46)47/h7-22,24,33H,23,25-27H2,1-6H3,(H,41,45)/b36-22-/t33-/m0/s1. The third-order valence-electron chi connectivity index (χ3n) is 9.61. The minimum atomic E-state index is -4.36. The topological polar surface area (TPSA) is 164 Å². The minimum Gasteiger partial charge on any atom is -0.489 e. The number of nitrogens with one attached hydrogen (secondary N) is 1. The van der Waals surface area contributed by atoms with E-state index >= 15 is 0 Å². The van der Waals surface area contributed by atoms with Gasteiger partial charge in [-0.3, -0.25) is 19.7 Å². The molecule has 290 valence electrons. The van der Waals surface area contributed by atoms with E-state index in [0.29, 0.717) is 11.1 Å². The van der Waals surface area contributed by atoms with Gasteiger partial charge < -0.3 is 18.6 Å². The number of nitrogens with zero attached hydrogens (tertiary/aromatic N) is 2. The number of alkyl carbamates (subject to hydrolysis) is 1. The summed E-state index contributed by atoms with van der Waals surface area (Å²) >= 11 is 0. The summed E-state index contributed by atoms with van der Waals surface area (Å²) in [5, 5.41) is 13.7. The number of nitro groups is 1. The summed E-state index contributed by atoms with van der Waals surface area (Å²) in [6, 6.07) is 26.3. The van der Waals surface area contributed by atoms with Gasteiger partial charge in [0.1, 0.15) is 24.7 Å². The predicted octanol–water partition coefficient (Wildman–Crippen LogP) is 7.76. The van der Waals surface area contributed by atoms with Crippen LogP contribution in [-0.2, 0) is 48.4 Å². The minimum absolute atomic E-state index is 0.0543. The number of ether oxygens (including phenoxy) is 3. The highest BCUT2D eigenvalue weighted by molar-refractivity contribution is 7.92. The van der Waals surface area contributed by atoms with Crippen LogP contribution in [0.2, 0.25) is 18.1 Å². The van der Waals surface area contributed by atoms with Crippen molar-refractivity contribution in [1.82, 2.24) is 5.32 Å². The molecular weight excluding hydrogens is 743 g/mol. The molecule has 0 spiro atoms. The molecule has 0 aliphatic carbocycles. The van der Waals surface area contributed by atoms with Crippen molar-refractivity contribution in [3.05, 3.63) is 135 Å². The highest BCUT2D eigenvalue weighted by Crippen LogP contribution is 2.43. The molecule has 0 fully saturated rings. The number of carbonyl (C=O) groups is 2. The quantitative estimate of drug-likeness (QED) is 0.0466. The van der Waals surface area contributed by atoms with Crippen molar-refractivity contribution < 1.29 is 41.6 Å². The molecule has 1 atom stereocenters. The van der Waals surface area contributed by atoms with Crippen molar-refractivity contribution in [1.29, 1.82) is 0 Å². The number of carbonyl (C=O) groups excluding carboxylic acids is 2. The number of esters is 1. The van der Waals surface area contributed by atoms with Gasteiger partial charge >= 0.3 is 12.1 Å². The molecule has 1 aliphatic heterocycles. The summed E-state index contributed by atoms with van der Waals surface area (Å²) in [6.45, 7) is 10.4. The van der Waals surface area contributed by atoms with Gasteiger partial charge in [0.2, 0.25) is 0 Å². The second-order valence-corrected chi connectivity index (χ2v) is 21.1. The maximum absolute atomic E-state index is 14.6. The molecule has 0 radical (unpaired) electrons. The molecule has 4 aromatic rings. The number of sulfonamides is 1. The van der Waals surface area contributed by atoms with Crippen molar-refractivity contribution in [3.8, 4) is 5.75 Å². The Kier molecular flexibility index (Phi) is 12.5. The van der Waals surface area contributed by atoms with E-state index in [1.165, 1.54) is 29.6 Å². The summed E-state index contributed by atoms with van der Waals surface area (Å²) < 4.78 is 53.8. The predicted molar refractivity (Wildman–Crippen MR) is 210 cm³/mol. The lowest BCUT2D eigenvalue weighted by atomic mass is 9.95. The second kappa shape index (κ2) is 16.9. The molecule has 4 aromatic carbocycles. The van der Waals surface area contributed by atoms with E-state index in [-0.39, 0.29) is 58.9 Å². The molecular formula is C40H45N3O10SSi. The zero-order valence-electron chi connectivity index (χ0n) is 31.6. The van der Waals surface area contributed by atoms with Crippen LogP contribution >= 0.6 is 0 Å². The molecule has 1 amide bonds. The number of nitro benzene ring substituents is 1. The number of anilines is 1. The first-order valence-corrected chi connectivity index (χ1v) is 21.9. The Labute approximate surface area is 322 Å². The Balaban J connectivity index is 1.65. The highest BCUT2D eigenvalue weighted by atomic mass is 32.2. The van der Waals surface area contributed by atoms with Crippen molar-refractivity contribution in [2.24, 2.45) is 0 Å². The van der Waals surface area contributed by atoms with Crippen molar-refractivity contribution >= 4 is 47.9 Å². The molecule has 13 nitrogen and oxygen atoms in total. The largest absolute Gasteiger partial charge is 0.489 e. The van der Waals surface area contributed by atoms with Gasteiger partial charge in [0, 0.05) is 24.6 Å². The number of methoxy groups -OCH3 is 1. The zero-order chi connectivity index (χ0) is 40.0. The summed E-state index contributed by atoms with van der Waals surface area (Å²) in [5.74, 6) is -0.598. The van der Waals surface area contributed by atoms with E-state index in [2.05, 4.69) is 39.2 Å². The first kappa shape index (κ1) is 40.7. The average Bonchev–Trinajstić information content (AvgIpc) is 3.15. The van der Waals surface area contributed by atoms with Gasteiger partial charge in [-0.2, -0.15) is 0 Å². The Hall–Kier alpha value is -5.51. The van der Waals surface area contributed by atoms with Crippen LogP contribution in [0.15, 0.2) is 108 Å². The lowest BCUT2D eigenvalue weighted by Crippen LogP contribution is -2.50. The van der Waals surface area contributed by atoms with Crippen LogP contribution in [-0.4, -0.2) is 53.5 Å². The Morgan fingerprint density at radius 2 is 1.55 bits per heavy atom. The molecule has 0 bridgehead atoms.